The van der Waals surface area contributed by atoms with Crippen LogP contribution in [0.4, 0.5) is 8.63 Å². The predicted octanol–water partition coefficient (Wildman–Crippen LogP) is 2.80. The lowest BCUT2D eigenvalue weighted by molar-refractivity contribution is 0.373. The van der Waals surface area contributed by atoms with Gasteiger partial charge in [0.2, 0.25) is 0 Å². The quantitative estimate of drug-likeness (QED) is 0.802. The van der Waals surface area contributed by atoms with E-state index >= 15 is 0 Å². The van der Waals surface area contributed by atoms with E-state index in [9.17, 15) is 8.63 Å². The van der Waals surface area contributed by atoms with E-state index in [1.54, 1.807) is 0 Å². The molecule has 0 atom stereocenters. The summed E-state index contributed by atoms with van der Waals surface area (Å²) in [4.78, 5) is 1.01. The van der Waals surface area contributed by atoms with Gasteiger partial charge in [-0.25, -0.2) is 0 Å². The molecule has 0 spiro atoms. The Morgan fingerprint density at radius 3 is 2.62 bits per heavy atom. The highest BCUT2D eigenvalue weighted by atomic mass is 32.1. The third-order valence-corrected chi connectivity index (χ3v) is 4.16. The monoisotopic (exact) mass is 243 g/mol. The van der Waals surface area contributed by atoms with Crippen molar-refractivity contribution in [1.29, 1.82) is 0 Å². The summed E-state index contributed by atoms with van der Waals surface area (Å²) in [6.45, 7) is 0.738. The Morgan fingerprint density at radius 1 is 1.25 bits per heavy atom. The summed E-state index contributed by atoms with van der Waals surface area (Å²) in [6, 6.07) is 3.93. The van der Waals surface area contributed by atoms with Gasteiger partial charge in [0.15, 0.2) is 0 Å². The fourth-order valence-corrected chi connectivity index (χ4v) is 2.98. The molecule has 16 heavy (non-hydrogen) atoms. The van der Waals surface area contributed by atoms with Crippen molar-refractivity contribution in [2.24, 2.45) is 0 Å². The standard InChI is InChI=1S/C11H16BF2NS/c13-12(14)11-7-6-10(16-11)8-15-9-4-2-1-3-5-9/h6-7,9,15H,1-5,8H2. The smallest absolute Gasteiger partial charge is 0.309 e. The minimum atomic E-state index is -2.33. The zero-order valence-corrected chi connectivity index (χ0v) is 10.0. The molecule has 5 heteroatoms. The Balaban J connectivity index is 1.79. The average molecular weight is 243 g/mol. The van der Waals surface area contributed by atoms with Gasteiger partial charge in [-0.05, 0) is 18.9 Å². The van der Waals surface area contributed by atoms with Crippen molar-refractivity contribution >= 4 is 23.4 Å². The van der Waals surface area contributed by atoms with Crippen molar-refractivity contribution in [3.05, 3.63) is 17.0 Å². The first-order valence-electron chi connectivity index (χ1n) is 5.86. The molecule has 0 unspecified atom stereocenters. The summed E-state index contributed by atoms with van der Waals surface area (Å²) < 4.78 is 24.9. The summed E-state index contributed by atoms with van der Waals surface area (Å²) in [5.41, 5.74) is 0. The molecule has 88 valence electrons. The molecule has 0 saturated heterocycles. The van der Waals surface area contributed by atoms with Crippen molar-refractivity contribution < 1.29 is 8.63 Å². The van der Waals surface area contributed by atoms with E-state index in [-0.39, 0.29) is 4.78 Å². The highest BCUT2D eigenvalue weighted by Crippen LogP contribution is 2.18. The predicted molar refractivity (Wildman–Crippen MR) is 65.6 cm³/mol. The molecule has 0 bridgehead atoms. The van der Waals surface area contributed by atoms with Gasteiger partial charge in [-0.15, -0.1) is 11.3 Å². The number of halogens is 2. The Morgan fingerprint density at radius 2 is 2.00 bits per heavy atom. The van der Waals surface area contributed by atoms with Crippen LogP contribution in [0.3, 0.4) is 0 Å². The van der Waals surface area contributed by atoms with Crippen LogP contribution < -0.4 is 10.1 Å². The lowest BCUT2D eigenvalue weighted by Gasteiger charge is -2.22. The summed E-state index contributed by atoms with van der Waals surface area (Å²) in [6.07, 6.45) is 6.39. The van der Waals surface area contributed by atoms with E-state index in [0.717, 1.165) is 11.4 Å². The number of hydrogen-bond donors (Lipinski definition) is 1. The van der Waals surface area contributed by atoms with E-state index < -0.39 is 7.27 Å². The molecular weight excluding hydrogens is 227 g/mol. The first kappa shape index (κ1) is 12.1. The molecule has 1 aromatic rings. The van der Waals surface area contributed by atoms with Crippen molar-refractivity contribution in [3.63, 3.8) is 0 Å². The number of hydrogen-bond acceptors (Lipinski definition) is 2. The van der Waals surface area contributed by atoms with Gasteiger partial charge in [-0.3, -0.25) is 8.63 Å². The Bertz CT molecular complexity index is 324. The molecule has 1 N–H and O–H groups in total. The van der Waals surface area contributed by atoms with Gasteiger partial charge < -0.3 is 5.32 Å². The second kappa shape index (κ2) is 5.78. The maximum atomic E-state index is 12.4. The van der Waals surface area contributed by atoms with Crippen LogP contribution in [0.15, 0.2) is 12.1 Å². The molecule has 1 aliphatic carbocycles. The zero-order valence-electron chi connectivity index (χ0n) is 9.22. The molecule has 1 aromatic heterocycles. The van der Waals surface area contributed by atoms with Crippen LogP contribution >= 0.6 is 11.3 Å². The van der Waals surface area contributed by atoms with Gasteiger partial charge in [-0.1, -0.05) is 25.3 Å². The lowest BCUT2D eigenvalue weighted by Crippen LogP contribution is -2.30. The summed E-state index contributed by atoms with van der Waals surface area (Å²) >= 11 is 1.22. The van der Waals surface area contributed by atoms with Crippen LogP contribution in [0, 0.1) is 0 Å². The number of thiophene rings is 1. The SMILES string of the molecule is FB(F)c1ccc(CNC2CCCCC2)s1. The van der Waals surface area contributed by atoms with E-state index in [4.69, 9.17) is 0 Å². The van der Waals surface area contributed by atoms with Crippen molar-refractivity contribution in [1.82, 2.24) is 5.32 Å². The zero-order chi connectivity index (χ0) is 11.4. The minimum Gasteiger partial charge on any atom is -0.309 e. The van der Waals surface area contributed by atoms with Gasteiger partial charge in [0.05, 0.1) is 0 Å². The topological polar surface area (TPSA) is 12.0 Å². The normalized spacial score (nSPS) is 17.6. The van der Waals surface area contributed by atoms with Crippen LogP contribution in [0.25, 0.3) is 0 Å². The fraction of sp³-hybridized carbons (Fsp3) is 0.636. The van der Waals surface area contributed by atoms with Crippen LogP contribution in [0.5, 0.6) is 0 Å². The Hall–Kier alpha value is -0.415. The molecule has 1 nitrogen and oxygen atoms in total. The number of rotatable bonds is 4. The van der Waals surface area contributed by atoms with Crippen molar-refractivity contribution in [3.8, 4) is 0 Å². The van der Waals surface area contributed by atoms with Gasteiger partial charge in [0.25, 0.3) is 0 Å². The highest BCUT2D eigenvalue weighted by molar-refractivity contribution is 7.22. The van der Waals surface area contributed by atoms with Crippen molar-refractivity contribution in [2.75, 3.05) is 0 Å². The third kappa shape index (κ3) is 3.29. The van der Waals surface area contributed by atoms with Crippen LogP contribution in [0.1, 0.15) is 37.0 Å². The molecule has 0 aliphatic heterocycles. The second-order valence-corrected chi connectivity index (χ2v) is 5.52. The molecule has 1 heterocycles. The maximum Gasteiger partial charge on any atom is 0.582 e. The Labute approximate surface area is 99.4 Å². The molecule has 0 aromatic carbocycles. The van der Waals surface area contributed by atoms with Gasteiger partial charge in [-0.2, -0.15) is 0 Å². The van der Waals surface area contributed by atoms with E-state index in [0.29, 0.717) is 6.04 Å². The van der Waals surface area contributed by atoms with Crippen molar-refractivity contribution in [2.45, 2.75) is 44.7 Å². The largest absolute Gasteiger partial charge is 0.582 e. The molecule has 1 saturated carbocycles. The summed E-state index contributed by atoms with van der Waals surface area (Å²) in [5.74, 6) is 0. The number of nitrogens with one attached hydrogen (secondary N) is 1. The molecular formula is C11H16BF2NS. The van der Waals surface area contributed by atoms with Gasteiger partial charge in [0, 0.05) is 22.2 Å². The summed E-state index contributed by atoms with van der Waals surface area (Å²) in [5, 5.41) is 3.46. The lowest BCUT2D eigenvalue weighted by atomic mass is 9.95. The van der Waals surface area contributed by atoms with E-state index in [2.05, 4.69) is 5.32 Å². The highest BCUT2D eigenvalue weighted by Gasteiger charge is 2.19. The van der Waals surface area contributed by atoms with Crippen LogP contribution in [-0.2, 0) is 6.54 Å². The molecule has 0 amide bonds. The fourth-order valence-electron chi connectivity index (χ4n) is 2.16. The molecule has 0 radical (unpaired) electrons. The first-order chi connectivity index (χ1) is 7.75. The maximum absolute atomic E-state index is 12.4. The third-order valence-electron chi connectivity index (χ3n) is 3.07. The van der Waals surface area contributed by atoms with Gasteiger partial charge in [0.1, 0.15) is 0 Å². The van der Waals surface area contributed by atoms with Crippen LogP contribution in [-0.4, -0.2) is 13.3 Å². The molecule has 1 fully saturated rings. The average Bonchev–Trinajstić information content (AvgIpc) is 2.76. The molecule has 2 rings (SSSR count). The second-order valence-electron chi connectivity index (χ2n) is 4.32. The first-order valence-corrected chi connectivity index (χ1v) is 6.67. The van der Waals surface area contributed by atoms with Crippen LogP contribution in [0.2, 0.25) is 0 Å². The Kier molecular flexibility index (Phi) is 4.35. The summed E-state index contributed by atoms with van der Waals surface area (Å²) in [7, 11) is -2.33. The minimum absolute atomic E-state index is 0.181. The van der Waals surface area contributed by atoms with Gasteiger partial charge >= 0.3 is 7.27 Å². The molecule has 1 aliphatic rings. The van der Waals surface area contributed by atoms with E-state index in [1.165, 1.54) is 49.5 Å². The van der Waals surface area contributed by atoms with E-state index in [1.807, 2.05) is 6.07 Å².